The highest BCUT2D eigenvalue weighted by atomic mass is 35.5. The Balaban J connectivity index is 2.54. The van der Waals surface area contributed by atoms with Gasteiger partial charge in [0, 0.05) is 29.1 Å². The van der Waals surface area contributed by atoms with Crippen LogP contribution in [0.3, 0.4) is 0 Å². The van der Waals surface area contributed by atoms with Crippen LogP contribution in [0, 0.1) is 0 Å². The third-order valence-corrected chi connectivity index (χ3v) is 4.09. The zero-order valence-electron chi connectivity index (χ0n) is 10.4. The van der Waals surface area contributed by atoms with Crippen LogP contribution in [0.15, 0.2) is 6.07 Å². The van der Waals surface area contributed by atoms with Crippen LogP contribution in [0.25, 0.3) is 0 Å². The first-order chi connectivity index (χ1) is 7.71. The van der Waals surface area contributed by atoms with Gasteiger partial charge in [-0.15, -0.1) is 11.6 Å². The molecule has 0 aliphatic carbocycles. The van der Waals surface area contributed by atoms with Crippen LogP contribution in [-0.4, -0.2) is 20.9 Å². The zero-order valence-corrected chi connectivity index (χ0v) is 11.9. The molecule has 0 radical (unpaired) electrons. The molecule has 2 nitrogen and oxygen atoms in total. The summed E-state index contributed by atoms with van der Waals surface area (Å²) in [7, 11) is 0. The lowest BCUT2D eigenvalue weighted by Crippen LogP contribution is -2.04. The van der Waals surface area contributed by atoms with E-state index >= 15 is 0 Å². The average Bonchev–Trinajstić information content (AvgIpc) is 2.69. The molecule has 16 heavy (non-hydrogen) atoms. The van der Waals surface area contributed by atoms with E-state index in [0.29, 0.717) is 5.25 Å². The summed E-state index contributed by atoms with van der Waals surface area (Å²) in [5.41, 5.74) is 2.54. The van der Waals surface area contributed by atoms with Crippen molar-refractivity contribution in [3.8, 4) is 0 Å². The maximum atomic E-state index is 5.73. The minimum Gasteiger partial charge on any atom is -0.269 e. The van der Waals surface area contributed by atoms with Gasteiger partial charge in [0.1, 0.15) is 0 Å². The number of hydrogen-bond donors (Lipinski definition) is 0. The molecule has 1 aromatic heterocycles. The maximum absolute atomic E-state index is 5.73. The van der Waals surface area contributed by atoms with E-state index in [1.165, 1.54) is 11.4 Å². The van der Waals surface area contributed by atoms with E-state index in [2.05, 4.69) is 36.6 Å². The van der Waals surface area contributed by atoms with E-state index in [0.717, 1.165) is 31.0 Å². The van der Waals surface area contributed by atoms with Gasteiger partial charge in [-0.25, -0.2) is 0 Å². The summed E-state index contributed by atoms with van der Waals surface area (Å²) in [6.45, 7) is 7.48. The summed E-state index contributed by atoms with van der Waals surface area (Å²) in [4.78, 5) is 0. The second-order valence-corrected chi connectivity index (χ2v) is 5.70. The van der Waals surface area contributed by atoms with E-state index < -0.39 is 0 Å². The summed E-state index contributed by atoms with van der Waals surface area (Å²) >= 11 is 7.69. The average molecular weight is 261 g/mol. The second kappa shape index (κ2) is 7.23. The van der Waals surface area contributed by atoms with Gasteiger partial charge in [0.25, 0.3) is 0 Å². The summed E-state index contributed by atoms with van der Waals surface area (Å²) in [5, 5.41) is 5.18. The monoisotopic (exact) mass is 260 g/mol. The van der Waals surface area contributed by atoms with Gasteiger partial charge >= 0.3 is 0 Å². The van der Waals surface area contributed by atoms with Crippen LogP contribution in [0.5, 0.6) is 0 Å². The van der Waals surface area contributed by atoms with Gasteiger partial charge in [-0.2, -0.15) is 16.9 Å². The number of nitrogens with zero attached hydrogens (tertiary/aromatic N) is 2. The Morgan fingerprint density at radius 1 is 1.50 bits per heavy atom. The summed E-state index contributed by atoms with van der Waals surface area (Å²) in [5.74, 6) is 1.79. The predicted molar refractivity (Wildman–Crippen MR) is 73.4 cm³/mol. The van der Waals surface area contributed by atoms with Crippen LogP contribution < -0.4 is 0 Å². The molecule has 1 aromatic rings. The van der Waals surface area contributed by atoms with Gasteiger partial charge in [0.15, 0.2) is 0 Å². The number of thioether (sulfide) groups is 1. The normalized spacial score (nSPS) is 13.0. The van der Waals surface area contributed by atoms with Crippen molar-refractivity contribution in [2.24, 2.45) is 0 Å². The van der Waals surface area contributed by atoms with Gasteiger partial charge in [0.05, 0.1) is 5.69 Å². The second-order valence-electron chi connectivity index (χ2n) is 3.90. The molecular weight excluding hydrogens is 240 g/mol. The SMILES string of the molecule is CCc1cc(CSC(C)CCCl)n(CC)n1. The fourth-order valence-electron chi connectivity index (χ4n) is 1.54. The Hall–Kier alpha value is -0.150. The van der Waals surface area contributed by atoms with Crippen LogP contribution >= 0.6 is 23.4 Å². The number of halogens is 1. The Morgan fingerprint density at radius 3 is 2.81 bits per heavy atom. The molecule has 1 heterocycles. The smallest absolute Gasteiger partial charge is 0.0625 e. The topological polar surface area (TPSA) is 17.8 Å². The standard InChI is InChI=1S/C12H21ClN2S/c1-4-11-8-12(15(5-2)14-11)9-16-10(3)6-7-13/h8,10H,4-7,9H2,1-3H3. The Labute approximate surface area is 108 Å². The molecule has 1 unspecified atom stereocenters. The largest absolute Gasteiger partial charge is 0.269 e. The van der Waals surface area contributed by atoms with Gasteiger partial charge < -0.3 is 0 Å². The molecule has 0 amide bonds. The molecule has 0 aliphatic rings. The third-order valence-electron chi connectivity index (χ3n) is 2.61. The highest BCUT2D eigenvalue weighted by Crippen LogP contribution is 2.21. The Bertz CT molecular complexity index is 312. The van der Waals surface area contributed by atoms with Crippen molar-refractivity contribution in [2.45, 2.75) is 51.2 Å². The first kappa shape index (κ1) is 13.9. The fourth-order valence-corrected chi connectivity index (χ4v) is 2.97. The Kier molecular flexibility index (Phi) is 6.29. The van der Waals surface area contributed by atoms with Crippen LogP contribution in [0.2, 0.25) is 0 Å². The van der Waals surface area contributed by atoms with Gasteiger partial charge in [-0.05, 0) is 25.8 Å². The molecule has 0 saturated heterocycles. The molecule has 0 saturated carbocycles. The van der Waals surface area contributed by atoms with Crippen molar-refractivity contribution in [1.82, 2.24) is 9.78 Å². The number of aromatic nitrogens is 2. The van der Waals surface area contributed by atoms with Gasteiger partial charge in [-0.1, -0.05) is 13.8 Å². The third kappa shape index (κ3) is 4.02. The van der Waals surface area contributed by atoms with Crippen molar-refractivity contribution >= 4 is 23.4 Å². The summed E-state index contributed by atoms with van der Waals surface area (Å²) in [6.07, 6.45) is 2.09. The van der Waals surface area contributed by atoms with Gasteiger partial charge in [0.2, 0.25) is 0 Å². The number of hydrogen-bond acceptors (Lipinski definition) is 2. The van der Waals surface area contributed by atoms with E-state index in [1.54, 1.807) is 0 Å². The van der Waals surface area contributed by atoms with E-state index in [9.17, 15) is 0 Å². The molecule has 92 valence electrons. The molecule has 1 atom stereocenters. The van der Waals surface area contributed by atoms with Crippen molar-refractivity contribution < 1.29 is 0 Å². The predicted octanol–water partition coefficient (Wildman–Crippen LogP) is 3.72. The molecule has 0 N–H and O–H groups in total. The van der Waals surface area contributed by atoms with Crippen LogP contribution in [0.4, 0.5) is 0 Å². The minimum atomic E-state index is 0.628. The number of aryl methyl sites for hydroxylation is 2. The summed E-state index contributed by atoms with van der Waals surface area (Å²) in [6, 6.07) is 2.23. The van der Waals surface area contributed by atoms with E-state index in [1.807, 2.05) is 11.8 Å². The molecular formula is C12H21ClN2S. The van der Waals surface area contributed by atoms with Crippen molar-refractivity contribution in [3.63, 3.8) is 0 Å². The van der Waals surface area contributed by atoms with Gasteiger partial charge in [-0.3, -0.25) is 4.68 Å². The van der Waals surface area contributed by atoms with Crippen molar-refractivity contribution in [2.75, 3.05) is 5.88 Å². The number of alkyl halides is 1. The maximum Gasteiger partial charge on any atom is 0.0625 e. The molecule has 4 heteroatoms. The Morgan fingerprint density at radius 2 is 2.25 bits per heavy atom. The molecule has 0 aliphatic heterocycles. The quantitative estimate of drug-likeness (QED) is 0.696. The highest BCUT2D eigenvalue weighted by Gasteiger charge is 2.08. The summed E-state index contributed by atoms with van der Waals surface area (Å²) < 4.78 is 2.11. The molecule has 0 spiro atoms. The van der Waals surface area contributed by atoms with E-state index in [4.69, 9.17) is 11.6 Å². The first-order valence-electron chi connectivity index (χ1n) is 5.94. The van der Waals surface area contributed by atoms with Crippen LogP contribution in [-0.2, 0) is 18.7 Å². The minimum absolute atomic E-state index is 0.628. The van der Waals surface area contributed by atoms with E-state index in [-0.39, 0.29) is 0 Å². The van der Waals surface area contributed by atoms with Crippen molar-refractivity contribution in [3.05, 3.63) is 17.5 Å². The number of rotatable bonds is 7. The lowest BCUT2D eigenvalue weighted by molar-refractivity contribution is 0.627. The molecule has 0 aromatic carbocycles. The lowest BCUT2D eigenvalue weighted by atomic mass is 10.3. The molecule has 0 fully saturated rings. The van der Waals surface area contributed by atoms with Crippen LogP contribution in [0.1, 0.15) is 38.6 Å². The zero-order chi connectivity index (χ0) is 12.0. The fraction of sp³-hybridized carbons (Fsp3) is 0.750. The first-order valence-corrected chi connectivity index (χ1v) is 7.52. The lowest BCUT2D eigenvalue weighted by Gasteiger charge is -2.09. The van der Waals surface area contributed by atoms with Crippen molar-refractivity contribution in [1.29, 1.82) is 0 Å². The molecule has 0 bridgehead atoms. The highest BCUT2D eigenvalue weighted by molar-refractivity contribution is 7.99. The molecule has 1 rings (SSSR count).